The van der Waals surface area contributed by atoms with E-state index in [2.05, 4.69) is 4.72 Å². The molecule has 0 radical (unpaired) electrons. The number of ether oxygens (including phenoxy) is 2. The van der Waals surface area contributed by atoms with Gasteiger partial charge in [0.2, 0.25) is 6.10 Å². The lowest BCUT2D eigenvalue weighted by Gasteiger charge is -2.10. The van der Waals surface area contributed by atoms with Gasteiger partial charge in [0.25, 0.3) is 15.7 Å². The van der Waals surface area contributed by atoms with Crippen molar-refractivity contribution < 1.29 is 32.4 Å². The molecule has 1 aliphatic heterocycles. The van der Waals surface area contributed by atoms with Gasteiger partial charge in [-0.2, -0.15) is 0 Å². The Kier molecular flexibility index (Phi) is 5.27. The van der Waals surface area contributed by atoms with Crippen LogP contribution in [0.5, 0.6) is 0 Å². The van der Waals surface area contributed by atoms with Gasteiger partial charge in [0.05, 0.1) is 22.0 Å². The Bertz CT molecular complexity index is 1030. The van der Waals surface area contributed by atoms with Gasteiger partial charge in [-0.1, -0.05) is 6.07 Å². The number of sulfonamides is 1. The fraction of sp³-hybridized carbons (Fsp3) is 0.176. The van der Waals surface area contributed by atoms with Crippen LogP contribution >= 0.6 is 0 Å². The molecular weight excluding hydrogens is 392 g/mol. The lowest BCUT2D eigenvalue weighted by molar-refractivity contribution is -0.385. The van der Waals surface area contributed by atoms with Crippen molar-refractivity contribution in [2.45, 2.75) is 17.4 Å². The molecule has 2 aromatic rings. The molecule has 0 amide bonds. The summed E-state index contributed by atoms with van der Waals surface area (Å²) < 4.78 is 36.8. The zero-order chi connectivity index (χ0) is 20.3. The molecule has 1 heterocycles. The van der Waals surface area contributed by atoms with E-state index in [0.29, 0.717) is 0 Å². The van der Waals surface area contributed by atoms with Crippen LogP contribution in [0.1, 0.15) is 16.8 Å². The second-order valence-corrected chi connectivity index (χ2v) is 7.47. The molecule has 1 aliphatic rings. The summed E-state index contributed by atoms with van der Waals surface area (Å²) in [4.78, 5) is 33.2. The quantitative estimate of drug-likeness (QED) is 0.435. The second kappa shape index (κ2) is 7.64. The van der Waals surface area contributed by atoms with Crippen LogP contribution in [0.25, 0.3) is 0 Å². The van der Waals surface area contributed by atoms with E-state index in [1.165, 1.54) is 42.5 Å². The van der Waals surface area contributed by atoms with Crippen LogP contribution in [-0.4, -0.2) is 38.0 Å². The normalized spacial score (nSPS) is 16.3. The Morgan fingerprint density at radius 3 is 2.54 bits per heavy atom. The molecule has 0 aliphatic carbocycles. The first-order valence-electron chi connectivity index (χ1n) is 8.01. The fourth-order valence-corrected chi connectivity index (χ4v) is 3.53. The maximum Gasteiger partial charge on any atom is 0.347 e. The SMILES string of the molecule is O=C(OC1CCOC1=O)c1ccc(NS(=O)(=O)c2cccc([N+](=O)[O-])c2)cc1. The van der Waals surface area contributed by atoms with Crippen molar-refractivity contribution in [3.8, 4) is 0 Å². The molecule has 0 saturated carbocycles. The number of nitrogens with one attached hydrogen (secondary N) is 1. The molecule has 1 saturated heterocycles. The van der Waals surface area contributed by atoms with Gasteiger partial charge in [0.15, 0.2) is 0 Å². The molecule has 11 heteroatoms. The lowest BCUT2D eigenvalue weighted by atomic mass is 10.2. The van der Waals surface area contributed by atoms with Crippen molar-refractivity contribution in [2.24, 2.45) is 0 Å². The number of cyclic esters (lactones) is 1. The number of nitro benzene ring substituents is 1. The predicted molar refractivity (Wildman–Crippen MR) is 95.1 cm³/mol. The molecule has 2 aromatic carbocycles. The maximum atomic E-state index is 12.4. The highest BCUT2D eigenvalue weighted by molar-refractivity contribution is 7.92. The number of benzene rings is 2. The first kappa shape index (κ1) is 19.3. The Labute approximate surface area is 159 Å². The molecule has 1 unspecified atom stereocenters. The van der Waals surface area contributed by atoms with E-state index < -0.39 is 33.0 Å². The third-order valence-electron chi connectivity index (χ3n) is 3.85. The van der Waals surface area contributed by atoms with Crippen molar-refractivity contribution in [2.75, 3.05) is 11.3 Å². The largest absolute Gasteiger partial charge is 0.463 e. The summed E-state index contributed by atoms with van der Waals surface area (Å²) in [5.41, 5.74) is -0.0901. The summed E-state index contributed by atoms with van der Waals surface area (Å²) in [6, 6.07) is 9.93. The zero-order valence-electron chi connectivity index (χ0n) is 14.2. The second-order valence-electron chi connectivity index (χ2n) is 5.79. The number of esters is 2. The van der Waals surface area contributed by atoms with Crippen LogP contribution in [0.4, 0.5) is 11.4 Å². The van der Waals surface area contributed by atoms with Gasteiger partial charge in [-0.15, -0.1) is 0 Å². The Morgan fingerprint density at radius 1 is 1.21 bits per heavy atom. The molecule has 28 heavy (non-hydrogen) atoms. The minimum atomic E-state index is -4.06. The first-order chi connectivity index (χ1) is 13.3. The van der Waals surface area contributed by atoms with Crippen molar-refractivity contribution in [3.63, 3.8) is 0 Å². The monoisotopic (exact) mass is 406 g/mol. The van der Waals surface area contributed by atoms with Crippen molar-refractivity contribution in [1.29, 1.82) is 0 Å². The average Bonchev–Trinajstić information content (AvgIpc) is 3.06. The summed E-state index contributed by atoms with van der Waals surface area (Å²) in [6.45, 7) is 0.190. The van der Waals surface area contributed by atoms with Crippen LogP contribution in [0.2, 0.25) is 0 Å². The molecule has 3 rings (SSSR count). The van der Waals surface area contributed by atoms with Crippen LogP contribution in [0.3, 0.4) is 0 Å². The van der Waals surface area contributed by atoms with Gasteiger partial charge in [0, 0.05) is 24.2 Å². The first-order valence-corrected chi connectivity index (χ1v) is 9.49. The van der Waals surface area contributed by atoms with Gasteiger partial charge in [-0.3, -0.25) is 14.8 Å². The van der Waals surface area contributed by atoms with E-state index in [1.54, 1.807) is 0 Å². The van der Waals surface area contributed by atoms with Crippen LogP contribution in [-0.2, 0) is 24.3 Å². The number of nitro groups is 1. The van der Waals surface area contributed by atoms with Crippen molar-refractivity contribution >= 4 is 33.3 Å². The molecule has 0 bridgehead atoms. The number of rotatable bonds is 6. The molecule has 0 aromatic heterocycles. The molecule has 1 fully saturated rings. The minimum Gasteiger partial charge on any atom is -0.463 e. The van der Waals surface area contributed by atoms with E-state index in [9.17, 15) is 28.1 Å². The lowest BCUT2D eigenvalue weighted by Crippen LogP contribution is -2.22. The number of nitrogens with zero attached hydrogens (tertiary/aromatic N) is 1. The van der Waals surface area contributed by atoms with Crippen LogP contribution in [0.15, 0.2) is 53.4 Å². The zero-order valence-corrected chi connectivity index (χ0v) is 15.0. The van der Waals surface area contributed by atoms with Gasteiger partial charge in [0.1, 0.15) is 0 Å². The van der Waals surface area contributed by atoms with Gasteiger partial charge >= 0.3 is 11.9 Å². The maximum absolute atomic E-state index is 12.4. The van der Waals surface area contributed by atoms with E-state index in [4.69, 9.17) is 9.47 Å². The van der Waals surface area contributed by atoms with E-state index >= 15 is 0 Å². The Balaban J connectivity index is 1.71. The highest BCUT2D eigenvalue weighted by atomic mass is 32.2. The minimum absolute atomic E-state index is 0.123. The number of non-ortho nitro benzene ring substituents is 1. The number of carbonyl (C=O) groups excluding carboxylic acids is 2. The highest BCUT2D eigenvalue weighted by Gasteiger charge is 2.30. The van der Waals surface area contributed by atoms with Crippen LogP contribution < -0.4 is 4.72 Å². The van der Waals surface area contributed by atoms with E-state index in [-0.39, 0.29) is 34.9 Å². The predicted octanol–water partition coefficient (Wildman–Crippen LogP) is 1.87. The molecule has 1 N–H and O–H groups in total. The van der Waals surface area contributed by atoms with Crippen LogP contribution in [0, 0.1) is 10.1 Å². The molecular formula is C17H14N2O8S. The number of hydrogen-bond donors (Lipinski definition) is 1. The number of hydrogen-bond acceptors (Lipinski definition) is 8. The average molecular weight is 406 g/mol. The standard InChI is InChI=1S/C17H14N2O8S/c20-16(27-15-8-9-26-17(15)21)11-4-6-12(7-5-11)18-28(24,25)14-3-1-2-13(10-14)19(22)23/h1-7,10,15,18H,8-9H2. The van der Waals surface area contributed by atoms with Gasteiger partial charge in [-0.05, 0) is 30.3 Å². The number of carbonyl (C=O) groups is 2. The molecule has 10 nitrogen and oxygen atoms in total. The smallest absolute Gasteiger partial charge is 0.347 e. The third kappa shape index (κ3) is 4.26. The highest BCUT2D eigenvalue weighted by Crippen LogP contribution is 2.21. The Hall–Kier alpha value is -3.47. The summed E-state index contributed by atoms with van der Waals surface area (Å²) >= 11 is 0. The summed E-state index contributed by atoms with van der Waals surface area (Å²) in [6.07, 6.45) is -0.661. The van der Waals surface area contributed by atoms with E-state index in [1.807, 2.05) is 0 Å². The van der Waals surface area contributed by atoms with Crippen molar-refractivity contribution in [3.05, 3.63) is 64.2 Å². The molecule has 1 atom stereocenters. The fourth-order valence-electron chi connectivity index (χ4n) is 2.43. The molecule has 0 spiro atoms. The summed E-state index contributed by atoms with van der Waals surface area (Å²) in [7, 11) is -4.06. The van der Waals surface area contributed by atoms with Gasteiger partial charge < -0.3 is 9.47 Å². The topological polar surface area (TPSA) is 142 Å². The van der Waals surface area contributed by atoms with Crippen molar-refractivity contribution in [1.82, 2.24) is 0 Å². The number of anilines is 1. The van der Waals surface area contributed by atoms with Gasteiger partial charge in [-0.25, -0.2) is 18.0 Å². The Morgan fingerprint density at radius 2 is 1.93 bits per heavy atom. The summed E-state index contributed by atoms with van der Waals surface area (Å²) in [5, 5.41) is 10.8. The molecule has 146 valence electrons. The third-order valence-corrected chi connectivity index (χ3v) is 5.23. The summed E-state index contributed by atoms with van der Waals surface area (Å²) in [5.74, 6) is -1.34. The van der Waals surface area contributed by atoms with E-state index in [0.717, 1.165) is 6.07 Å².